The lowest BCUT2D eigenvalue weighted by atomic mass is 10.2. The summed E-state index contributed by atoms with van der Waals surface area (Å²) in [5.41, 5.74) is 1.95. The molecule has 0 radical (unpaired) electrons. The maximum Gasteiger partial charge on any atom is 0.158 e. The Labute approximate surface area is 89.5 Å². The van der Waals surface area contributed by atoms with Gasteiger partial charge in [0.2, 0.25) is 0 Å². The fourth-order valence-corrected chi connectivity index (χ4v) is 1.63. The minimum atomic E-state index is -0.114. The Hall–Kier alpha value is -0.670. The van der Waals surface area contributed by atoms with E-state index in [0.717, 1.165) is 17.7 Å². The van der Waals surface area contributed by atoms with Crippen LogP contribution in [0.3, 0.4) is 0 Å². The molecule has 0 aliphatic heterocycles. The van der Waals surface area contributed by atoms with Crippen LogP contribution < -0.4 is 0 Å². The van der Waals surface area contributed by atoms with Crippen molar-refractivity contribution in [2.75, 3.05) is 7.11 Å². The topological polar surface area (TPSA) is 35.0 Å². The largest absolute Gasteiger partial charge is 0.374 e. The lowest BCUT2D eigenvalue weighted by molar-refractivity contribution is 0.112. The summed E-state index contributed by atoms with van der Waals surface area (Å²) in [6, 6.07) is 0. The molecule has 0 amide bonds. The van der Waals surface area contributed by atoms with Crippen molar-refractivity contribution < 1.29 is 4.74 Å². The minimum Gasteiger partial charge on any atom is -0.374 e. The van der Waals surface area contributed by atoms with Crippen LogP contribution in [0.4, 0.5) is 0 Å². The van der Waals surface area contributed by atoms with Gasteiger partial charge in [0.15, 0.2) is 5.82 Å². The maximum absolute atomic E-state index is 6.03. The molecule has 1 rings (SSSR count). The maximum atomic E-state index is 6.03. The van der Waals surface area contributed by atoms with Crippen molar-refractivity contribution in [3.8, 4) is 0 Å². The number of halogens is 1. The zero-order valence-electron chi connectivity index (χ0n) is 8.97. The molecular formula is C10H15ClN2O. The minimum absolute atomic E-state index is 0.114. The third-order valence-electron chi connectivity index (χ3n) is 2.25. The smallest absolute Gasteiger partial charge is 0.158 e. The molecule has 0 aliphatic carbocycles. The van der Waals surface area contributed by atoms with E-state index in [1.807, 2.05) is 20.8 Å². The standard InChI is InChI=1S/C10H15ClN2O/c1-5-8-6(2)12-10(7(3)14-4)13-9(8)11/h7H,5H2,1-4H3. The van der Waals surface area contributed by atoms with E-state index in [9.17, 15) is 0 Å². The van der Waals surface area contributed by atoms with Crippen LogP contribution >= 0.6 is 11.6 Å². The first kappa shape index (κ1) is 11.4. The molecule has 0 saturated heterocycles. The second kappa shape index (κ2) is 4.71. The van der Waals surface area contributed by atoms with Crippen molar-refractivity contribution in [1.29, 1.82) is 0 Å². The zero-order chi connectivity index (χ0) is 10.7. The number of methoxy groups -OCH3 is 1. The molecule has 1 heterocycles. The molecular weight excluding hydrogens is 200 g/mol. The van der Waals surface area contributed by atoms with E-state index in [1.165, 1.54) is 0 Å². The number of ether oxygens (including phenoxy) is 1. The van der Waals surface area contributed by atoms with E-state index in [-0.39, 0.29) is 6.10 Å². The Morgan fingerprint density at radius 1 is 1.43 bits per heavy atom. The molecule has 4 heteroatoms. The van der Waals surface area contributed by atoms with E-state index >= 15 is 0 Å². The summed E-state index contributed by atoms with van der Waals surface area (Å²) in [5.74, 6) is 0.646. The molecule has 1 aromatic heterocycles. The normalized spacial score (nSPS) is 12.9. The molecule has 3 nitrogen and oxygen atoms in total. The molecule has 1 unspecified atom stereocenters. The summed E-state index contributed by atoms with van der Waals surface area (Å²) in [4.78, 5) is 8.56. The second-order valence-electron chi connectivity index (χ2n) is 3.17. The number of rotatable bonds is 3. The number of hydrogen-bond donors (Lipinski definition) is 0. The van der Waals surface area contributed by atoms with Gasteiger partial charge in [0, 0.05) is 18.4 Å². The van der Waals surface area contributed by atoms with Gasteiger partial charge in [0.1, 0.15) is 11.3 Å². The average Bonchev–Trinajstić information content (AvgIpc) is 2.16. The highest BCUT2D eigenvalue weighted by Gasteiger charge is 2.12. The summed E-state index contributed by atoms with van der Waals surface area (Å²) < 4.78 is 5.14. The summed E-state index contributed by atoms with van der Waals surface area (Å²) in [6.45, 7) is 5.88. The molecule has 0 N–H and O–H groups in total. The highest BCUT2D eigenvalue weighted by atomic mass is 35.5. The lowest BCUT2D eigenvalue weighted by Gasteiger charge is -2.11. The highest BCUT2D eigenvalue weighted by Crippen LogP contribution is 2.20. The fourth-order valence-electron chi connectivity index (χ4n) is 1.27. The van der Waals surface area contributed by atoms with Crippen LogP contribution in [0, 0.1) is 6.92 Å². The van der Waals surface area contributed by atoms with Gasteiger partial charge in [-0.15, -0.1) is 0 Å². The van der Waals surface area contributed by atoms with Crippen LogP contribution in [0.5, 0.6) is 0 Å². The predicted molar refractivity (Wildman–Crippen MR) is 56.6 cm³/mol. The Kier molecular flexibility index (Phi) is 3.84. The van der Waals surface area contributed by atoms with Gasteiger partial charge in [-0.1, -0.05) is 18.5 Å². The number of nitrogens with zero attached hydrogens (tertiary/aromatic N) is 2. The van der Waals surface area contributed by atoms with Crippen molar-refractivity contribution in [2.24, 2.45) is 0 Å². The molecule has 0 fully saturated rings. The van der Waals surface area contributed by atoms with Gasteiger partial charge in [-0.05, 0) is 20.3 Å². The molecule has 0 spiro atoms. The third-order valence-corrected chi connectivity index (χ3v) is 2.56. The van der Waals surface area contributed by atoms with Crippen LogP contribution in [-0.2, 0) is 11.2 Å². The van der Waals surface area contributed by atoms with Gasteiger partial charge in [0.25, 0.3) is 0 Å². The monoisotopic (exact) mass is 214 g/mol. The number of aryl methyl sites for hydroxylation is 1. The van der Waals surface area contributed by atoms with Crippen LogP contribution in [0.1, 0.15) is 37.0 Å². The molecule has 0 aromatic carbocycles. The van der Waals surface area contributed by atoms with Crippen LogP contribution in [-0.4, -0.2) is 17.1 Å². The summed E-state index contributed by atoms with van der Waals surface area (Å²) in [7, 11) is 1.63. The molecule has 1 atom stereocenters. The van der Waals surface area contributed by atoms with E-state index in [2.05, 4.69) is 9.97 Å². The predicted octanol–water partition coefficient (Wildman–Crippen LogP) is 2.71. The van der Waals surface area contributed by atoms with E-state index in [1.54, 1.807) is 7.11 Å². The first-order valence-electron chi connectivity index (χ1n) is 4.65. The quantitative estimate of drug-likeness (QED) is 0.726. The average molecular weight is 215 g/mol. The Morgan fingerprint density at radius 3 is 2.50 bits per heavy atom. The summed E-state index contributed by atoms with van der Waals surface area (Å²) in [6.07, 6.45) is 0.740. The second-order valence-corrected chi connectivity index (χ2v) is 3.53. The van der Waals surface area contributed by atoms with Gasteiger partial charge < -0.3 is 4.74 Å². The van der Waals surface area contributed by atoms with Crippen LogP contribution in [0.15, 0.2) is 0 Å². The third kappa shape index (κ3) is 2.22. The fraction of sp³-hybridized carbons (Fsp3) is 0.600. The van der Waals surface area contributed by atoms with Gasteiger partial charge in [0.05, 0.1) is 0 Å². The first-order valence-corrected chi connectivity index (χ1v) is 5.03. The Morgan fingerprint density at radius 2 is 2.07 bits per heavy atom. The van der Waals surface area contributed by atoms with E-state index in [0.29, 0.717) is 11.0 Å². The molecule has 78 valence electrons. The number of hydrogen-bond acceptors (Lipinski definition) is 3. The molecule has 0 bridgehead atoms. The van der Waals surface area contributed by atoms with Crippen molar-refractivity contribution in [2.45, 2.75) is 33.3 Å². The molecule has 14 heavy (non-hydrogen) atoms. The summed E-state index contributed by atoms with van der Waals surface area (Å²) in [5, 5.41) is 0.541. The Balaban J connectivity index is 3.13. The number of aromatic nitrogens is 2. The highest BCUT2D eigenvalue weighted by molar-refractivity contribution is 6.30. The Bertz CT molecular complexity index is 305. The van der Waals surface area contributed by atoms with Crippen molar-refractivity contribution >= 4 is 11.6 Å². The molecule has 0 aliphatic rings. The SMILES string of the molecule is CCc1c(C)nc(C(C)OC)nc1Cl. The van der Waals surface area contributed by atoms with Crippen LogP contribution in [0.2, 0.25) is 5.15 Å². The lowest BCUT2D eigenvalue weighted by Crippen LogP contribution is -2.07. The zero-order valence-corrected chi connectivity index (χ0v) is 9.72. The summed E-state index contributed by atoms with van der Waals surface area (Å²) >= 11 is 6.03. The van der Waals surface area contributed by atoms with E-state index in [4.69, 9.17) is 16.3 Å². The van der Waals surface area contributed by atoms with Gasteiger partial charge in [-0.2, -0.15) is 0 Å². The molecule has 0 saturated carbocycles. The van der Waals surface area contributed by atoms with Gasteiger partial charge in [-0.25, -0.2) is 9.97 Å². The molecule has 1 aromatic rings. The van der Waals surface area contributed by atoms with Crippen molar-refractivity contribution in [3.63, 3.8) is 0 Å². The van der Waals surface area contributed by atoms with E-state index < -0.39 is 0 Å². The van der Waals surface area contributed by atoms with Gasteiger partial charge in [-0.3, -0.25) is 0 Å². The van der Waals surface area contributed by atoms with Crippen LogP contribution in [0.25, 0.3) is 0 Å². The first-order chi connectivity index (χ1) is 6.60. The van der Waals surface area contributed by atoms with Crippen molar-refractivity contribution in [1.82, 2.24) is 9.97 Å². The van der Waals surface area contributed by atoms with Crippen molar-refractivity contribution in [3.05, 3.63) is 22.2 Å². The van der Waals surface area contributed by atoms with Gasteiger partial charge >= 0.3 is 0 Å².